The van der Waals surface area contributed by atoms with Crippen LogP contribution in [0.1, 0.15) is 13.8 Å². The first-order valence-corrected chi connectivity index (χ1v) is 2.83. The lowest BCUT2D eigenvalue weighted by atomic mass is 10.3. The summed E-state index contributed by atoms with van der Waals surface area (Å²) in [6, 6.07) is -0.833. The molecule has 0 aliphatic heterocycles. The Hall–Kier alpha value is -1.52. The summed E-state index contributed by atoms with van der Waals surface area (Å²) in [7, 11) is 0. The van der Waals surface area contributed by atoms with Gasteiger partial charge in [-0.25, -0.2) is 9.59 Å². The predicted molar refractivity (Wildman–Crippen MR) is 40.8 cm³/mol. The Morgan fingerprint density at radius 1 is 1.36 bits per heavy atom. The van der Waals surface area contributed by atoms with Crippen LogP contribution in [0.4, 0.5) is 4.79 Å². The molecule has 2 amide bonds. The third-order valence-electron chi connectivity index (χ3n) is 0.770. The molecule has 0 aromatic carbocycles. The van der Waals surface area contributed by atoms with E-state index in [1.807, 2.05) is 0 Å². The minimum Gasteiger partial charge on any atom is -0.478 e. The summed E-state index contributed by atoms with van der Waals surface area (Å²) < 4.78 is 0. The van der Waals surface area contributed by atoms with E-state index >= 15 is 0 Å². The SMILES string of the molecule is CC=C(C)C(=O)O.NC(N)=O. The van der Waals surface area contributed by atoms with Crippen LogP contribution in [0, 0.1) is 0 Å². The molecule has 0 aliphatic carbocycles. The summed E-state index contributed by atoms with van der Waals surface area (Å²) in [4.78, 5) is 18.9. The summed E-state index contributed by atoms with van der Waals surface area (Å²) in [6.07, 6.45) is 1.56. The van der Waals surface area contributed by atoms with Crippen LogP contribution in [0.2, 0.25) is 0 Å². The van der Waals surface area contributed by atoms with Crippen molar-refractivity contribution < 1.29 is 14.7 Å². The highest BCUT2D eigenvalue weighted by molar-refractivity contribution is 5.85. The topological polar surface area (TPSA) is 106 Å². The van der Waals surface area contributed by atoms with Crippen molar-refractivity contribution in [1.82, 2.24) is 0 Å². The van der Waals surface area contributed by atoms with E-state index in [0.29, 0.717) is 5.57 Å². The van der Waals surface area contributed by atoms with Crippen molar-refractivity contribution in [2.75, 3.05) is 0 Å². The van der Waals surface area contributed by atoms with Gasteiger partial charge in [0.05, 0.1) is 0 Å². The number of urea groups is 1. The quantitative estimate of drug-likeness (QED) is 0.472. The van der Waals surface area contributed by atoms with Crippen molar-refractivity contribution in [1.29, 1.82) is 0 Å². The molecular weight excluding hydrogens is 148 g/mol. The first kappa shape index (κ1) is 12.2. The summed E-state index contributed by atoms with van der Waals surface area (Å²) in [5.74, 6) is -0.845. The zero-order chi connectivity index (χ0) is 9.44. The standard InChI is InChI=1S/C5H8O2.CH4N2O/c1-3-4(2)5(6)7;2-1(3)4/h3H,1-2H3,(H,6,7);(H4,2,3,4). The summed E-state index contributed by atoms with van der Waals surface area (Å²) in [5, 5.41) is 8.11. The van der Waals surface area contributed by atoms with Gasteiger partial charge in [0.1, 0.15) is 0 Å². The normalized spacial score (nSPS) is 9.45. The van der Waals surface area contributed by atoms with Crippen molar-refractivity contribution in [2.24, 2.45) is 11.5 Å². The third-order valence-corrected chi connectivity index (χ3v) is 0.770. The van der Waals surface area contributed by atoms with E-state index in [9.17, 15) is 4.79 Å². The number of allylic oxidation sites excluding steroid dienone is 1. The number of carbonyl (C=O) groups excluding carboxylic acids is 1. The van der Waals surface area contributed by atoms with Crippen molar-refractivity contribution in [2.45, 2.75) is 13.8 Å². The molecule has 0 atom stereocenters. The Morgan fingerprint density at radius 2 is 1.64 bits per heavy atom. The van der Waals surface area contributed by atoms with Gasteiger partial charge < -0.3 is 16.6 Å². The maximum Gasteiger partial charge on any atom is 0.330 e. The highest BCUT2D eigenvalue weighted by atomic mass is 16.4. The summed E-state index contributed by atoms with van der Waals surface area (Å²) >= 11 is 0. The highest BCUT2D eigenvalue weighted by Gasteiger charge is 1.93. The van der Waals surface area contributed by atoms with Crippen molar-refractivity contribution >= 4 is 12.0 Å². The van der Waals surface area contributed by atoms with Gasteiger partial charge in [-0.05, 0) is 13.8 Å². The number of primary amides is 2. The van der Waals surface area contributed by atoms with E-state index in [-0.39, 0.29) is 0 Å². The molecular formula is C6H12N2O3. The molecule has 0 fully saturated rings. The van der Waals surface area contributed by atoms with Gasteiger partial charge in [-0.2, -0.15) is 0 Å². The molecule has 5 nitrogen and oxygen atoms in total. The number of aliphatic carboxylic acids is 1. The monoisotopic (exact) mass is 160 g/mol. The number of hydrogen-bond acceptors (Lipinski definition) is 2. The smallest absolute Gasteiger partial charge is 0.330 e. The Labute approximate surface area is 64.7 Å². The Morgan fingerprint density at radius 3 is 1.64 bits per heavy atom. The molecule has 5 heteroatoms. The maximum absolute atomic E-state index is 9.86. The minimum atomic E-state index is -0.845. The van der Waals surface area contributed by atoms with Crippen LogP contribution in [0.15, 0.2) is 11.6 Å². The van der Waals surface area contributed by atoms with Gasteiger partial charge in [-0.3, -0.25) is 0 Å². The van der Waals surface area contributed by atoms with Crippen LogP contribution in [-0.4, -0.2) is 17.1 Å². The van der Waals surface area contributed by atoms with Crippen molar-refractivity contribution in [3.05, 3.63) is 11.6 Å². The Balaban J connectivity index is 0. The van der Waals surface area contributed by atoms with Gasteiger partial charge in [-0.1, -0.05) is 6.08 Å². The molecule has 0 heterocycles. The van der Waals surface area contributed by atoms with Gasteiger partial charge in [0, 0.05) is 5.57 Å². The maximum atomic E-state index is 9.86. The molecule has 0 saturated carbocycles. The average Bonchev–Trinajstić information content (AvgIpc) is 1.85. The van der Waals surface area contributed by atoms with Crippen LogP contribution < -0.4 is 11.5 Å². The average molecular weight is 160 g/mol. The number of nitrogens with two attached hydrogens (primary N) is 2. The van der Waals surface area contributed by atoms with E-state index in [0.717, 1.165) is 0 Å². The van der Waals surface area contributed by atoms with Crippen LogP contribution in [0.5, 0.6) is 0 Å². The van der Waals surface area contributed by atoms with Gasteiger partial charge in [0.2, 0.25) is 0 Å². The fraction of sp³-hybridized carbons (Fsp3) is 0.333. The van der Waals surface area contributed by atoms with E-state index in [1.165, 1.54) is 0 Å². The second-order valence-corrected chi connectivity index (χ2v) is 1.68. The number of rotatable bonds is 1. The molecule has 11 heavy (non-hydrogen) atoms. The van der Waals surface area contributed by atoms with Gasteiger partial charge in [0.15, 0.2) is 0 Å². The van der Waals surface area contributed by atoms with Gasteiger partial charge in [-0.15, -0.1) is 0 Å². The molecule has 0 aliphatic rings. The number of carbonyl (C=O) groups is 2. The first-order chi connectivity index (χ1) is 4.91. The molecule has 64 valence electrons. The van der Waals surface area contributed by atoms with E-state index in [2.05, 4.69) is 11.5 Å². The van der Waals surface area contributed by atoms with Crippen LogP contribution in [-0.2, 0) is 4.79 Å². The summed E-state index contributed by atoms with van der Waals surface area (Å²) in [5.41, 5.74) is 8.89. The fourth-order valence-electron chi connectivity index (χ4n) is 0.123. The van der Waals surface area contributed by atoms with Crippen LogP contribution >= 0.6 is 0 Å². The van der Waals surface area contributed by atoms with Gasteiger partial charge in [0.25, 0.3) is 0 Å². The zero-order valence-corrected chi connectivity index (χ0v) is 6.50. The summed E-state index contributed by atoms with van der Waals surface area (Å²) in [6.45, 7) is 3.26. The molecule has 0 aromatic heterocycles. The predicted octanol–water partition coefficient (Wildman–Crippen LogP) is 0.0610. The number of amides is 2. The third kappa shape index (κ3) is 17.7. The van der Waals surface area contributed by atoms with Crippen LogP contribution in [0.3, 0.4) is 0 Å². The lowest BCUT2D eigenvalue weighted by molar-refractivity contribution is -0.132. The van der Waals surface area contributed by atoms with Crippen molar-refractivity contribution in [3.63, 3.8) is 0 Å². The minimum absolute atomic E-state index is 0.389. The number of carboxylic acids is 1. The Bertz CT molecular complexity index is 171. The molecule has 0 unspecified atom stereocenters. The molecule has 0 spiro atoms. The molecule has 5 N–H and O–H groups in total. The van der Waals surface area contributed by atoms with E-state index in [1.54, 1.807) is 19.9 Å². The molecule has 0 saturated heterocycles. The highest BCUT2D eigenvalue weighted by Crippen LogP contribution is 1.87. The molecule has 0 radical (unpaired) electrons. The molecule has 0 rings (SSSR count). The van der Waals surface area contributed by atoms with E-state index in [4.69, 9.17) is 9.90 Å². The zero-order valence-electron chi connectivity index (χ0n) is 6.50. The lowest BCUT2D eigenvalue weighted by Gasteiger charge is -1.84. The second kappa shape index (κ2) is 6.60. The number of hydrogen-bond donors (Lipinski definition) is 3. The number of carboxylic acid groups (broad SMARTS) is 1. The molecule has 0 aromatic rings. The van der Waals surface area contributed by atoms with E-state index < -0.39 is 12.0 Å². The lowest BCUT2D eigenvalue weighted by Crippen LogP contribution is -2.18. The Kier molecular flexibility index (Phi) is 7.31. The first-order valence-electron chi connectivity index (χ1n) is 2.83. The fourth-order valence-corrected chi connectivity index (χ4v) is 0.123. The molecule has 0 bridgehead atoms. The second-order valence-electron chi connectivity index (χ2n) is 1.68. The van der Waals surface area contributed by atoms with Crippen LogP contribution in [0.25, 0.3) is 0 Å². The van der Waals surface area contributed by atoms with Gasteiger partial charge >= 0.3 is 12.0 Å². The van der Waals surface area contributed by atoms with Crippen molar-refractivity contribution in [3.8, 4) is 0 Å². The largest absolute Gasteiger partial charge is 0.478 e.